The molecule has 1 fully saturated rings. The van der Waals surface area contributed by atoms with Crippen LogP contribution in [-0.2, 0) is 13.0 Å². The molecule has 0 radical (unpaired) electrons. The van der Waals surface area contributed by atoms with Gasteiger partial charge in [-0.1, -0.05) is 5.16 Å². The van der Waals surface area contributed by atoms with Crippen molar-refractivity contribution < 1.29 is 9.32 Å². The van der Waals surface area contributed by atoms with Crippen LogP contribution in [0.15, 0.2) is 16.0 Å². The highest BCUT2D eigenvalue weighted by Crippen LogP contribution is 2.28. The highest BCUT2D eigenvalue weighted by Gasteiger charge is 2.31. The number of piperidine rings is 1. The summed E-state index contributed by atoms with van der Waals surface area (Å²) in [5, 5.41) is 6.11. The van der Waals surface area contributed by atoms with Crippen LogP contribution in [0.2, 0.25) is 0 Å². The van der Waals surface area contributed by atoms with Crippen molar-refractivity contribution >= 4 is 17.2 Å². The van der Waals surface area contributed by atoms with Gasteiger partial charge >= 0.3 is 0 Å². The van der Waals surface area contributed by atoms with Crippen LogP contribution in [0.4, 0.5) is 0 Å². The van der Waals surface area contributed by atoms with E-state index in [9.17, 15) is 4.79 Å². The molecule has 5 nitrogen and oxygen atoms in total. The number of rotatable bonds is 2. The van der Waals surface area contributed by atoms with E-state index in [0.717, 1.165) is 39.0 Å². The first-order valence-corrected chi connectivity index (χ1v) is 9.53. The average Bonchev–Trinajstić information content (AvgIpc) is 3.20. The van der Waals surface area contributed by atoms with Gasteiger partial charge in [0.2, 0.25) is 0 Å². The van der Waals surface area contributed by atoms with E-state index in [4.69, 9.17) is 4.52 Å². The molecule has 24 heavy (non-hydrogen) atoms. The minimum atomic E-state index is 0.0727. The quantitative estimate of drug-likeness (QED) is 0.839. The second-order valence-electron chi connectivity index (χ2n) is 6.81. The SMILES string of the molecule is Cc1noc(C)c1C(=O)N1CCC(N2CCc3sccc3C2)CC1. The smallest absolute Gasteiger partial charge is 0.259 e. The Balaban J connectivity index is 1.38. The largest absolute Gasteiger partial charge is 0.361 e. The van der Waals surface area contributed by atoms with Crippen LogP contribution < -0.4 is 0 Å². The third-order valence-corrected chi connectivity index (χ3v) is 6.38. The highest BCUT2D eigenvalue weighted by atomic mass is 32.1. The number of carbonyl (C=O) groups is 1. The van der Waals surface area contributed by atoms with Gasteiger partial charge < -0.3 is 9.42 Å². The molecule has 6 heteroatoms. The predicted molar refractivity (Wildman–Crippen MR) is 93.3 cm³/mol. The molecule has 0 atom stereocenters. The molecule has 1 saturated heterocycles. The zero-order valence-electron chi connectivity index (χ0n) is 14.2. The first-order chi connectivity index (χ1) is 11.6. The summed E-state index contributed by atoms with van der Waals surface area (Å²) in [5.74, 6) is 0.698. The summed E-state index contributed by atoms with van der Waals surface area (Å²) in [4.78, 5) is 18.8. The van der Waals surface area contributed by atoms with E-state index in [1.54, 1.807) is 4.88 Å². The zero-order valence-corrected chi connectivity index (χ0v) is 15.1. The van der Waals surface area contributed by atoms with E-state index in [2.05, 4.69) is 21.5 Å². The number of likely N-dealkylation sites (tertiary alicyclic amines) is 1. The molecule has 128 valence electrons. The van der Waals surface area contributed by atoms with Crippen molar-refractivity contribution in [1.82, 2.24) is 15.0 Å². The molecule has 0 unspecified atom stereocenters. The van der Waals surface area contributed by atoms with E-state index in [1.807, 2.05) is 30.1 Å². The molecule has 2 aliphatic rings. The van der Waals surface area contributed by atoms with E-state index in [-0.39, 0.29) is 5.91 Å². The van der Waals surface area contributed by atoms with E-state index in [1.165, 1.54) is 12.0 Å². The van der Waals surface area contributed by atoms with Gasteiger partial charge in [-0.15, -0.1) is 11.3 Å². The summed E-state index contributed by atoms with van der Waals surface area (Å²) in [6.07, 6.45) is 3.27. The number of fused-ring (bicyclic) bond motifs is 1. The van der Waals surface area contributed by atoms with Gasteiger partial charge in [0, 0.05) is 37.1 Å². The second kappa shape index (κ2) is 6.33. The molecular formula is C18H23N3O2S. The van der Waals surface area contributed by atoms with Crippen LogP contribution in [0.1, 0.15) is 45.1 Å². The predicted octanol–water partition coefficient (Wildman–Crippen LogP) is 3.02. The van der Waals surface area contributed by atoms with Crippen molar-refractivity contribution in [2.75, 3.05) is 19.6 Å². The molecule has 0 aromatic carbocycles. The number of carbonyl (C=O) groups excluding carboxylic acids is 1. The maximum atomic E-state index is 12.7. The Labute approximate surface area is 146 Å². The van der Waals surface area contributed by atoms with E-state index >= 15 is 0 Å². The molecule has 4 rings (SSSR count). The van der Waals surface area contributed by atoms with Gasteiger partial charge in [0.25, 0.3) is 5.91 Å². The number of amides is 1. The molecule has 0 aliphatic carbocycles. The molecule has 0 N–H and O–H groups in total. The molecule has 2 aliphatic heterocycles. The summed E-state index contributed by atoms with van der Waals surface area (Å²) < 4.78 is 5.14. The van der Waals surface area contributed by atoms with Gasteiger partial charge in [0.15, 0.2) is 0 Å². The normalized spacial score (nSPS) is 19.5. The summed E-state index contributed by atoms with van der Waals surface area (Å²) >= 11 is 1.89. The standard InChI is InChI=1S/C18H23N3O2S/c1-12-17(13(2)23-19-12)18(22)20-7-3-15(4-8-20)21-9-5-16-14(11-21)6-10-24-16/h6,10,15H,3-5,7-9,11H2,1-2H3. The first kappa shape index (κ1) is 15.8. The Morgan fingerprint density at radius 3 is 2.79 bits per heavy atom. The molecular weight excluding hydrogens is 322 g/mol. The van der Waals surface area contributed by atoms with Crippen LogP contribution in [0, 0.1) is 13.8 Å². The maximum Gasteiger partial charge on any atom is 0.259 e. The van der Waals surface area contributed by atoms with Gasteiger partial charge in [-0.25, -0.2) is 0 Å². The molecule has 4 heterocycles. The van der Waals surface area contributed by atoms with Crippen molar-refractivity contribution in [3.8, 4) is 0 Å². The number of aromatic nitrogens is 1. The molecule has 0 saturated carbocycles. The van der Waals surface area contributed by atoms with Gasteiger partial charge in [-0.05, 0) is 50.1 Å². The van der Waals surface area contributed by atoms with Crippen molar-refractivity contribution in [2.45, 2.75) is 45.7 Å². The fourth-order valence-corrected chi connectivity index (χ4v) is 4.85. The second-order valence-corrected chi connectivity index (χ2v) is 7.81. The molecule has 0 spiro atoms. The van der Waals surface area contributed by atoms with Crippen LogP contribution in [0.25, 0.3) is 0 Å². The number of hydrogen-bond donors (Lipinski definition) is 0. The van der Waals surface area contributed by atoms with Crippen molar-refractivity contribution in [1.29, 1.82) is 0 Å². The fraction of sp³-hybridized carbons (Fsp3) is 0.556. The van der Waals surface area contributed by atoms with Crippen molar-refractivity contribution in [2.24, 2.45) is 0 Å². The Kier molecular flexibility index (Phi) is 4.18. The van der Waals surface area contributed by atoms with E-state index < -0.39 is 0 Å². The lowest BCUT2D eigenvalue weighted by molar-refractivity contribution is 0.0598. The first-order valence-electron chi connectivity index (χ1n) is 8.65. The summed E-state index contributed by atoms with van der Waals surface area (Å²) in [5.41, 5.74) is 2.84. The maximum absolute atomic E-state index is 12.7. The number of thiophene rings is 1. The Hall–Kier alpha value is -1.66. The fourth-order valence-electron chi connectivity index (χ4n) is 3.96. The molecule has 0 bridgehead atoms. The Morgan fingerprint density at radius 2 is 2.08 bits per heavy atom. The molecule has 2 aromatic heterocycles. The van der Waals surface area contributed by atoms with Crippen LogP contribution in [0.3, 0.4) is 0 Å². The monoisotopic (exact) mass is 345 g/mol. The average molecular weight is 345 g/mol. The number of hydrogen-bond acceptors (Lipinski definition) is 5. The third-order valence-electron chi connectivity index (χ3n) is 5.35. The lowest BCUT2D eigenvalue weighted by Crippen LogP contribution is -2.48. The molecule has 1 amide bonds. The Bertz CT molecular complexity index is 724. The zero-order chi connectivity index (χ0) is 16.7. The lowest BCUT2D eigenvalue weighted by atomic mass is 9.99. The molecule has 2 aromatic rings. The van der Waals surface area contributed by atoms with Gasteiger partial charge in [0.1, 0.15) is 11.3 Å². The minimum Gasteiger partial charge on any atom is -0.361 e. The summed E-state index contributed by atoms with van der Waals surface area (Å²) in [6.45, 7) is 7.51. The van der Waals surface area contributed by atoms with Crippen molar-refractivity contribution in [3.05, 3.63) is 38.9 Å². The van der Waals surface area contributed by atoms with Gasteiger partial charge in [-0.2, -0.15) is 0 Å². The number of aryl methyl sites for hydroxylation is 2. The number of nitrogens with zero attached hydrogens (tertiary/aromatic N) is 3. The van der Waals surface area contributed by atoms with Crippen LogP contribution in [-0.4, -0.2) is 46.5 Å². The minimum absolute atomic E-state index is 0.0727. The Morgan fingerprint density at radius 1 is 1.29 bits per heavy atom. The third kappa shape index (κ3) is 2.78. The highest BCUT2D eigenvalue weighted by molar-refractivity contribution is 7.10. The lowest BCUT2D eigenvalue weighted by Gasteiger charge is -2.40. The topological polar surface area (TPSA) is 49.6 Å². The summed E-state index contributed by atoms with van der Waals surface area (Å²) in [6, 6.07) is 2.86. The van der Waals surface area contributed by atoms with Gasteiger partial charge in [0.05, 0.1) is 5.69 Å². The van der Waals surface area contributed by atoms with E-state index in [0.29, 0.717) is 23.1 Å². The summed E-state index contributed by atoms with van der Waals surface area (Å²) in [7, 11) is 0. The van der Waals surface area contributed by atoms with Crippen LogP contribution >= 0.6 is 11.3 Å². The van der Waals surface area contributed by atoms with Crippen molar-refractivity contribution in [3.63, 3.8) is 0 Å². The van der Waals surface area contributed by atoms with Crippen LogP contribution in [0.5, 0.6) is 0 Å². The van der Waals surface area contributed by atoms with Gasteiger partial charge in [-0.3, -0.25) is 9.69 Å².